The Hall–Kier alpha value is -3.69. The molecule has 0 fully saturated rings. The Morgan fingerprint density at radius 1 is 0.943 bits per heavy atom. The zero-order valence-electron chi connectivity index (χ0n) is 19.7. The van der Waals surface area contributed by atoms with E-state index in [2.05, 4.69) is 48.0 Å². The number of rotatable bonds is 3. The molecular formula is C29H24IrN4O. The molecule has 4 heterocycles. The summed E-state index contributed by atoms with van der Waals surface area (Å²) in [4.78, 5) is 8.56. The third-order valence-electron chi connectivity index (χ3n) is 5.47. The molecular weight excluding hydrogens is 613 g/mol. The van der Waals surface area contributed by atoms with Crippen LogP contribution in [-0.4, -0.2) is 31.2 Å². The largest absolute Gasteiger partial charge is 0.493 e. The molecule has 5 aromatic rings. The molecule has 1 radical (unpaired) electrons. The average molecular weight is 637 g/mol. The molecule has 0 saturated heterocycles. The SMILES string of the molecule is CC(C)[N+]1=C=[N+](c2[c-]c3oc4ncccc4c3cc2)C=C1.Cc1ccc(-c2[c-]cccc2)nc1.[Ir]. The predicted molar refractivity (Wildman–Crippen MR) is 133 cm³/mol. The van der Waals surface area contributed by atoms with Gasteiger partial charge in [-0.3, -0.25) is 0 Å². The van der Waals surface area contributed by atoms with Crippen molar-refractivity contribution in [2.75, 3.05) is 0 Å². The van der Waals surface area contributed by atoms with Gasteiger partial charge in [-0.15, -0.1) is 35.9 Å². The number of hydrogen-bond acceptors (Lipinski definition) is 3. The van der Waals surface area contributed by atoms with Gasteiger partial charge < -0.3 is 9.40 Å². The second-order valence-corrected chi connectivity index (χ2v) is 8.31. The quantitative estimate of drug-likeness (QED) is 0.171. The van der Waals surface area contributed by atoms with Gasteiger partial charge in [0.25, 0.3) is 6.20 Å². The van der Waals surface area contributed by atoms with Crippen LogP contribution in [0.4, 0.5) is 5.69 Å². The second-order valence-electron chi connectivity index (χ2n) is 8.31. The van der Waals surface area contributed by atoms with Crippen LogP contribution >= 0.6 is 0 Å². The average Bonchev–Trinajstić information content (AvgIpc) is 3.50. The van der Waals surface area contributed by atoms with Crippen LogP contribution in [0.1, 0.15) is 19.4 Å². The number of aryl methyl sites for hydroxylation is 1. The van der Waals surface area contributed by atoms with Crippen LogP contribution in [0.3, 0.4) is 0 Å². The normalized spacial score (nSPS) is 12.2. The van der Waals surface area contributed by atoms with Crippen LogP contribution in [-0.2, 0) is 20.1 Å². The van der Waals surface area contributed by atoms with Gasteiger partial charge in [0.1, 0.15) is 5.69 Å². The van der Waals surface area contributed by atoms with E-state index >= 15 is 0 Å². The minimum absolute atomic E-state index is 0. The molecule has 0 N–H and O–H groups in total. The fraction of sp³-hybridized carbons (Fsp3) is 0.138. The molecule has 0 unspecified atom stereocenters. The Morgan fingerprint density at radius 3 is 2.54 bits per heavy atom. The van der Waals surface area contributed by atoms with E-state index in [9.17, 15) is 0 Å². The number of aromatic nitrogens is 2. The van der Waals surface area contributed by atoms with Crippen molar-refractivity contribution in [3.05, 3.63) is 103 Å². The van der Waals surface area contributed by atoms with Crippen molar-refractivity contribution < 1.29 is 33.7 Å². The molecule has 0 amide bonds. The second kappa shape index (κ2) is 10.7. The first-order valence-electron chi connectivity index (χ1n) is 11.2. The van der Waals surface area contributed by atoms with E-state index in [-0.39, 0.29) is 20.1 Å². The van der Waals surface area contributed by atoms with Gasteiger partial charge >= 0.3 is 6.01 Å². The molecule has 3 aromatic heterocycles. The number of pyridine rings is 2. The number of fused-ring (bicyclic) bond motifs is 3. The summed E-state index contributed by atoms with van der Waals surface area (Å²) in [7, 11) is 0. The van der Waals surface area contributed by atoms with Gasteiger partial charge in [-0.05, 0) is 43.5 Å². The van der Waals surface area contributed by atoms with E-state index in [0.717, 1.165) is 33.3 Å². The van der Waals surface area contributed by atoms with Gasteiger partial charge in [-0.1, -0.05) is 44.9 Å². The van der Waals surface area contributed by atoms with E-state index in [1.807, 2.05) is 89.3 Å². The maximum Gasteiger partial charge on any atom is 0.493 e. The molecule has 1 aliphatic rings. The zero-order valence-corrected chi connectivity index (χ0v) is 22.1. The maximum absolute atomic E-state index is 5.77. The van der Waals surface area contributed by atoms with Crippen molar-refractivity contribution in [3.8, 4) is 11.3 Å². The summed E-state index contributed by atoms with van der Waals surface area (Å²) in [6.45, 7) is 6.28. The van der Waals surface area contributed by atoms with Crippen LogP contribution < -0.4 is 0 Å². The van der Waals surface area contributed by atoms with Crippen molar-refractivity contribution in [2.45, 2.75) is 26.8 Å². The fourth-order valence-corrected chi connectivity index (χ4v) is 3.60. The molecule has 0 atom stereocenters. The van der Waals surface area contributed by atoms with E-state index in [4.69, 9.17) is 4.42 Å². The minimum Gasteiger partial charge on any atom is -0.465 e. The summed E-state index contributed by atoms with van der Waals surface area (Å²) in [6, 6.07) is 30.0. The Kier molecular flexibility index (Phi) is 7.48. The molecule has 175 valence electrons. The first-order chi connectivity index (χ1) is 16.6. The maximum atomic E-state index is 5.77. The Bertz CT molecular complexity index is 1560. The zero-order chi connectivity index (χ0) is 23.5. The van der Waals surface area contributed by atoms with Crippen LogP contribution in [0, 0.1) is 19.1 Å². The van der Waals surface area contributed by atoms with Gasteiger partial charge in [0.15, 0.2) is 6.04 Å². The van der Waals surface area contributed by atoms with Crippen LogP contribution in [0.25, 0.3) is 33.3 Å². The molecule has 35 heavy (non-hydrogen) atoms. The summed E-state index contributed by atoms with van der Waals surface area (Å²) in [6.07, 6.45) is 7.58. The molecule has 6 rings (SSSR count). The van der Waals surface area contributed by atoms with Crippen LogP contribution in [0.15, 0.2) is 89.9 Å². The summed E-state index contributed by atoms with van der Waals surface area (Å²) >= 11 is 0. The summed E-state index contributed by atoms with van der Waals surface area (Å²) < 4.78 is 9.71. The molecule has 0 spiro atoms. The van der Waals surface area contributed by atoms with Crippen LogP contribution in [0.2, 0.25) is 0 Å². The Balaban J connectivity index is 0.000000179. The standard InChI is InChI=1S/C17H14N3O.C12H10N.Ir/c1-12(2)19-8-9-20(11-19)13-5-6-14-15-4-3-7-18-17(15)21-16(14)10-13;1-10-7-8-12(13-9-10)11-5-3-2-4-6-11;/h3-9,12H,1-2H3;2-5,7-9H,1H3;/q+1;-1;. The molecule has 6 heteroatoms. The first kappa shape index (κ1) is 24.4. The summed E-state index contributed by atoms with van der Waals surface area (Å²) in [5.74, 6) is 0. The van der Waals surface area contributed by atoms with E-state index < -0.39 is 0 Å². The van der Waals surface area contributed by atoms with E-state index in [0.29, 0.717) is 11.8 Å². The van der Waals surface area contributed by atoms with Crippen molar-refractivity contribution >= 4 is 33.8 Å². The third kappa shape index (κ3) is 5.36. The van der Waals surface area contributed by atoms with E-state index in [1.54, 1.807) is 6.20 Å². The molecule has 2 aromatic carbocycles. The number of nitrogens with zero attached hydrogens (tertiary/aromatic N) is 4. The molecule has 1 aliphatic heterocycles. The van der Waals surface area contributed by atoms with Gasteiger partial charge in [0, 0.05) is 38.1 Å². The molecule has 0 saturated carbocycles. The van der Waals surface area contributed by atoms with Crippen molar-refractivity contribution in [2.24, 2.45) is 0 Å². The van der Waals surface area contributed by atoms with Gasteiger partial charge in [-0.25, -0.2) is 4.98 Å². The van der Waals surface area contributed by atoms with E-state index in [1.165, 1.54) is 5.56 Å². The smallest absolute Gasteiger partial charge is 0.465 e. The Morgan fingerprint density at radius 2 is 1.83 bits per heavy atom. The number of hydrogen-bond donors (Lipinski definition) is 0. The van der Waals surface area contributed by atoms with Gasteiger partial charge in [-0.2, -0.15) is 6.07 Å². The first-order valence-corrected chi connectivity index (χ1v) is 11.2. The topological polar surface area (TPSA) is 44.9 Å². The predicted octanol–water partition coefficient (Wildman–Crippen LogP) is 6.36. The van der Waals surface area contributed by atoms with Crippen molar-refractivity contribution in [1.29, 1.82) is 0 Å². The van der Waals surface area contributed by atoms with Crippen molar-refractivity contribution in [3.63, 3.8) is 0 Å². The minimum atomic E-state index is 0. The number of furan rings is 1. The third-order valence-corrected chi connectivity index (χ3v) is 5.47. The summed E-state index contributed by atoms with van der Waals surface area (Å²) in [5, 5.41) is 2.05. The van der Waals surface area contributed by atoms with Crippen LogP contribution in [0.5, 0.6) is 0 Å². The van der Waals surface area contributed by atoms with Crippen molar-refractivity contribution in [1.82, 2.24) is 9.97 Å². The Labute approximate surface area is 218 Å². The summed E-state index contributed by atoms with van der Waals surface area (Å²) in [5.41, 5.74) is 5.48. The molecule has 0 bridgehead atoms. The van der Waals surface area contributed by atoms with Gasteiger partial charge in [0.2, 0.25) is 11.9 Å². The monoisotopic (exact) mass is 637 g/mol. The van der Waals surface area contributed by atoms with Gasteiger partial charge in [0.05, 0.1) is 0 Å². The molecule has 0 aliphatic carbocycles. The molecule has 5 nitrogen and oxygen atoms in total. The fourth-order valence-electron chi connectivity index (χ4n) is 3.60. The number of benzene rings is 2.